The quantitative estimate of drug-likeness (QED) is 0.224. The van der Waals surface area contributed by atoms with E-state index in [0.29, 0.717) is 24.4 Å². The molecule has 1 heterocycles. The van der Waals surface area contributed by atoms with Gasteiger partial charge in [0.05, 0.1) is 11.1 Å². The molecule has 3 aromatic carbocycles. The molecule has 0 bridgehead atoms. The van der Waals surface area contributed by atoms with Crippen molar-refractivity contribution in [1.82, 2.24) is 9.73 Å². The summed E-state index contributed by atoms with van der Waals surface area (Å²) in [5.41, 5.74) is 5.52. The Hall–Kier alpha value is -3.82. The van der Waals surface area contributed by atoms with Gasteiger partial charge in [-0.2, -0.15) is 9.41 Å². The number of esters is 1. The summed E-state index contributed by atoms with van der Waals surface area (Å²) in [5.74, 6) is -0.307. The molecule has 1 aliphatic rings. The average molecular weight is 506 g/mol. The van der Waals surface area contributed by atoms with E-state index in [1.807, 2.05) is 36.4 Å². The third-order valence-electron chi connectivity index (χ3n) is 5.81. The van der Waals surface area contributed by atoms with Gasteiger partial charge in [-0.25, -0.2) is 13.8 Å². The summed E-state index contributed by atoms with van der Waals surface area (Å²) in [7, 11) is -3.54. The molecule has 1 N–H and O–H groups in total. The number of ether oxygens (including phenoxy) is 1. The maximum atomic E-state index is 12.7. The van der Waals surface area contributed by atoms with E-state index in [1.165, 1.54) is 41.7 Å². The number of carbonyl (C=O) groups excluding carboxylic acids is 2. The highest BCUT2D eigenvalue weighted by Crippen LogP contribution is 2.23. The van der Waals surface area contributed by atoms with Gasteiger partial charge in [-0.05, 0) is 65.9 Å². The Morgan fingerprint density at radius 2 is 1.44 bits per heavy atom. The van der Waals surface area contributed by atoms with E-state index in [0.717, 1.165) is 36.0 Å². The zero-order chi connectivity index (χ0) is 25.5. The molecule has 1 amide bonds. The largest absolute Gasteiger partial charge is 0.427 e. The second-order valence-electron chi connectivity index (χ2n) is 8.43. The van der Waals surface area contributed by atoms with Gasteiger partial charge in [0.25, 0.3) is 5.91 Å². The Morgan fingerprint density at radius 1 is 0.861 bits per heavy atom. The Bertz CT molecular complexity index is 1340. The highest BCUT2D eigenvalue weighted by Gasteiger charge is 2.25. The van der Waals surface area contributed by atoms with Gasteiger partial charge in [0.15, 0.2) is 0 Å². The normalized spacial score (nSPS) is 14.5. The van der Waals surface area contributed by atoms with Crippen molar-refractivity contribution in [2.45, 2.75) is 31.1 Å². The van der Waals surface area contributed by atoms with Crippen molar-refractivity contribution in [1.29, 1.82) is 0 Å². The second-order valence-corrected chi connectivity index (χ2v) is 10.4. The monoisotopic (exact) mass is 505 g/mol. The molecule has 36 heavy (non-hydrogen) atoms. The van der Waals surface area contributed by atoms with E-state index in [1.54, 1.807) is 12.1 Å². The first-order valence-electron chi connectivity index (χ1n) is 11.7. The van der Waals surface area contributed by atoms with Crippen LogP contribution >= 0.6 is 0 Å². The fourth-order valence-corrected chi connectivity index (χ4v) is 5.42. The number of carbonyl (C=O) groups is 2. The van der Waals surface area contributed by atoms with Crippen LogP contribution in [0.1, 0.15) is 42.1 Å². The number of hydrazone groups is 1. The van der Waals surface area contributed by atoms with Crippen LogP contribution in [0.4, 0.5) is 0 Å². The molecule has 0 spiro atoms. The molecule has 1 fully saturated rings. The van der Waals surface area contributed by atoms with E-state index in [9.17, 15) is 18.0 Å². The Kier molecular flexibility index (Phi) is 7.92. The van der Waals surface area contributed by atoms with Crippen molar-refractivity contribution in [3.63, 3.8) is 0 Å². The van der Waals surface area contributed by atoms with Crippen LogP contribution in [0.5, 0.6) is 5.75 Å². The average Bonchev–Trinajstić information content (AvgIpc) is 2.90. The summed E-state index contributed by atoms with van der Waals surface area (Å²) in [6.45, 7) is 2.42. The zero-order valence-corrected chi connectivity index (χ0v) is 20.7. The summed E-state index contributed by atoms with van der Waals surface area (Å²) in [6.07, 6.45) is 4.31. The number of hydrogen-bond acceptors (Lipinski definition) is 6. The fraction of sp³-hybridized carbons (Fsp3) is 0.222. The van der Waals surface area contributed by atoms with Crippen molar-refractivity contribution < 1.29 is 22.7 Å². The Balaban J connectivity index is 1.34. The fourth-order valence-electron chi connectivity index (χ4n) is 3.91. The lowest BCUT2D eigenvalue weighted by Crippen LogP contribution is -2.35. The van der Waals surface area contributed by atoms with Crippen LogP contribution in [-0.4, -0.2) is 43.9 Å². The van der Waals surface area contributed by atoms with Gasteiger partial charge in [0.1, 0.15) is 5.75 Å². The van der Waals surface area contributed by atoms with Gasteiger partial charge in [0, 0.05) is 25.6 Å². The molecule has 0 saturated carbocycles. The number of amides is 1. The smallest absolute Gasteiger partial charge is 0.308 e. The molecule has 0 radical (unpaired) electrons. The van der Waals surface area contributed by atoms with Crippen LogP contribution in [0, 0.1) is 0 Å². The molecule has 4 rings (SSSR count). The maximum Gasteiger partial charge on any atom is 0.308 e. The molecule has 3 aromatic rings. The molecule has 9 heteroatoms. The van der Waals surface area contributed by atoms with Crippen molar-refractivity contribution in [2.75, 3.05) is 13.1 Å². The van der Waals surface area contributed by atoms with Crippen molar-refractivity contribution in [3.05, 3.63) is 83.9 Å². The van der Waals surface area contributed by atoms with E-state index in [-0.39, 0.29) is 10.9 Å². The van der Waals surface area contributed by atoms with Crippen molar-refractivity contribution in [3.8, 4) is 16.9 Å². The number of nitrogens with one attached hydrogen (secondary N) is 1. The third kappa shape index (κ3) is 6.24. The standard InChI is InChI=1S/C27H27N3O5S/c1-20(31)35-25-13-9-23(10-14-25)22-7-5-21(6-8-22)19-28-29-27(32)24-11-15-26(16-12-24)36(33,34)30-17-3-2-4-18-30/h5-16,19H,2-4,17-18H2,1H3,(H,29,32)/b28-19-. The molecular formula is C27H27N3O5S. The lowest BCUT2D eigenvalue weighted by molar-refractivity contribution is -0.131. The molecule has 0 aromatic heterocycles. The van der Waals surface area contributed by atoms with Crippen molar-refractivity contribution in [2.24, 2.45) is 5.10 Å². The van der Waals surface area contributed by atoms with E-state index >= 15 is 0 Å². The van der Waals surface area contributed by atoms with Crippen molar-refractivity contribution >= 4 is 28.1 Å². The highest BCUT2D eigenvalue weighted by molar-refractivity contribution is 7.89. The number of hydrogen-bond donors (Lipinski definition) is 1. The molecule has 0 unspecified atom stereocenters. The minimum atomic E-state index is -3.54. The van der Waals surface area contributed by atoms with Crippen LogP contribution in [0.25, 0.3) is 11.1 Å². The van der Waals surface area contributed by atoms with Crippen LogP contribution in [0.2, 0.25) is 0 Å². The summed E-state index contributed by atoms with van der Waals surface area (Å²) in [4.78, 5) is 23.6. The van der Waals surface area contributed by atoms with Gasteiger partial charge in [0.2, 0.25) is 10.0 Å². The first-order valence-corrected chi connectivity index (χ1v) is 13.1. The first kappa shape index (κ1) is 25.3. The van der Waals surface area contributed by atoms with Gasteiger partial charge < -0.3 is 4.74 Å². The van der Waals surface area contributed by atoms with Crippen LogP contribution in [0.15, 0.2) is 82.8 Å². The molecule has 8 nitrogen and oxygen atoms in total. The minimum absolute atomic E-state index is 0.186. The van der Waals surface area contributed by atoms with E-state index in [4.69, 9.17) is 4.74 Å². The number of rotatable bonds is 7. The predicted molar refractivity (Wildman–Crippen MR) is 137 cm³/mol. The lowest BCUT2D eigenvalue weighted by Gasteiger charge is -2.25. The minimum Gasteiger partial charge on any atom is -0.427 e. The van der Waals surface area contributed by atoms with E-state index in [2.05, 4.69) is 10.5 Å². The second kappa shape index (κ2) is 11.3. The molecule has 0 aliphatic carbocycles. The maximum absolute atomic E-state index is 12.7. The van der Waals surface area contributed by atoms with Gasteiger partial charge in [-0.3, -0.25) is 9.59 Å². The molecule has 1 saturated heterocycles. The first-order chi connectivity index (χ1) is 17.3. The van der Waals surface area contributed by atoms with Crippen LogP contribution < -0.4 is 10.2 Å². The van der Waals surface area contributed by atoms with Crippen LogP contribution in [0.3, 0.4) is 0 Å². The third-order valence-corrected chi connectivity index (χ3v) is 7.72. The number of benzene rings is 3. The SMILES string of the molecule is CC(=O)Oc1ccc(-c2ccc(/C=N\NC(=O)c3ccc(S(=O)(=O)N4CCCCC4)cc3)cc2)cc1. The van der Waals surface area contributed by atoms with Gasteiger partial charge in [-0.1, -0.05) is 42.8 Å². The topological polar surface area (TPSA) is 105 Å². The van der Waals surface area contributed by atoms with Gasteiger partial charge >= 0.3 is 5.97 Å². The van der Waals surface area contributed by atoms with Gasteiger partial charge in [-0.15, -0.1) is 0 Å². The zero-order valence-electron chi connectivity index (χ0n) is 19.9. The van der Waals surface area contributed by atoms with E-state index < -0.39 is 15.9 Å². The molecule has 186 valence electrons. The summed E-state index contributed by atoms with van der Waals surface area (Å²) in [5, 5.41) is 4.00. The Labute approximate surface area is 210 Å². The number of nitrogens with zero attached hydrogens (tertiary/aromatic N) is 2. The lowest BCUT2D eigenvalue weighted by atomic mass is 10.0. The Morgan fingerprint density at radius 3 is 2.03 bits per heavy atom. The predicted octanol–water partition coefficient (Wildman–Crippen LogP) is 4.22. The molecule has 0 atom stereocenters. The molecular weight excluding hydrogens is 478 g/mol. The highest BCUT2D eigenvalue weighted by atomic mass is 32.2. The summed E-state index contributed by atoms with van der Waals surface area (Å²) < 4.78 is 32.0. The summed E-state index contributed by atoms with van der Waals surface area (Å²) >= 11 is 0. The summed E-state index contributed by atoms with van der Waals surface area (Å²) in [6, 6.07) is 20.7. The number of sulfonamides is 1. The van der Waals surface area contributed by atoms with Crippen LogP contribution in [-0.2, 0) is 14.8 Å². The molecule has 1 aliphatic heterocycles. The number of piperidine rings is 1.